The summed E-state index contributed by atoms with van der Waals surface area (Å²) in [7, 11) is 0. The lowest BCUT2D eigenvalue weighted by molar-refractivity contribution is -0.118. The van der Waals surface area contributed by atoms with E-state index >= 15 is 0 Å². The van der Waals surface area contributed by atoms with Gasteiger partial charge in [0.2, 0.25) is 5.91 Å². The maximum atomic E-state index is 11.2. The summed E-state index contributed by atoms with van der Waals surface area (Å²) >= 11 is 0. The van der Waals surface area contributed by atoms with Crippen LogP contribution in [0.5, 0.6) is 0 Å². The van der Waals surface area contributed by atoms with Crippen molar-refractivity contribution in [1.29, 1.82) is 0 Å². The van der Waals surface area contributed by atoms with E-state index < -0.39 is 11.9 Å². The molecule has 0 saturated heterocycles. The molecule has 104 valence electrons. The molecule has 2 rings (SSSR count). The molecule has 20 heavy (non-hydrogen) atoms. The number of primary amides is 1. The number of carboxylic acid groups (broad SMARTS) is 1. The molecule has 0 bridgehead atoms. The molecule has 2 aromatic rings. The number of amides is 1. The Kier molecular flexibility index (Phi) is 3.79. The van der Waals surface area contributed by atoms with Gasteiger partial charge in [-0.25, -0.2) is 4.79 Å². The highest BCUT2D eigenvalue weighted by atomic mass is 16.4. The lowest BCUT2D eigenvalue weighted by Gasteiger charge is -2.16. The van der Waals surface area contributed by atoms with Crippen LogP contribution >= 0.6 is 0 Å². The van der Waals surface area contributed by atoms with Crippen molar-refractivity contribution >= 4 is 28.5 Å². The zero-order chi connectivity index (χ0) is 14.7. The molecule has 0 spiro atoms. The van der Waals surface area contributed by atoms with Crippen molar-refractivity contribution in [3.05, 3.63) is 30.0 Å². The summed E-state index contributed by atoms with van der Waals surface area (Å²) in [5.74, 6) is -1.65. The summed E-state index contributed by atoms with van der Waals surface area (Å²) in [4.78, 5) is 22.2. The number of carboxylic acids is 1. The fraction of sp³-hybridized carbons (Fsp3) is 0.231. The van der Waals surface area contributed by atoms with Crippen molar-refractivity contribution in [3.63, 3.8) is 0 Å². The van der Waals surface area contributed by atoms with Crippen molar-refractivity contribution in [3.8, 4) is 0 Å². The van der Waals surface area contributed by atoms with Gasteiger partial charge in [0.05, 0.1) is 11.2 Å². The first-order valence-corrected chi connectivity index (χ1v) is 6.02. The number of anilines is 1. The Bertz CT molecular complexity index is 672. The number of benzene rings is 1. The number of carbonyl (C=O) groups excluding carboxylic acids is 1. The monoisotopic (exact) mass is 274 g/mol. The quantitative estimate of drug-likeness (QED) is 0.748. The van der Waals surface area contributed by atoms with Gasteiger partial charge in [0.15, 0.2) is 5.69 Å². The molecular formula is C13H14N4O3. The summed E-state index contributed by atoms with van der Waals surface area (Å²) in [6.07, 6.45) is 0.0930. The second-order valence-corrected chi connectivity index (χ2v) is 4.46. The second-order valence-electron chi connectivity index (χ2n) is 4.46. The SMILES string of the molecule is CC(CC(N)=O)Nc1c(C(=O)O)nnc2ccccc12. The summed E-state index contributed by atoms with van der Waals surface area (Å²) in [6.45, 7) is 1.74. The van der Waals surface area contributed by atoms with Gasteiger partial charge in [0, 0.05) is 17.8 Å². The molecular weight excluding hydrogens is 260 g/mol. The molecule has 7 nitrogen and oxygen atoms in total. The number of carbonyl (C=O) groups is 2. The lowest BCUT2D eigenvalue weighted by atomic mass is 10.1. The molecule has 4 N–H and O–H groups in total. The minimum Gasteiger partial charge on any atom is -0.476 e. The standard InChI is InChI=1S/C13H14N4O3/c1-7(6-10(14)18)15-11-8-4-2-3-5-9(8)16-17-12(11)13(19)20/h2-5,7H,6H2,1H3,(H2,14,18)(H,15,16)(H,19,20). The number of fused-ring (bicyclic) bond motifs is 1. The Hall–Kier alpha value is -2.70. The van der Waals surface area contributed by atoms with Crippen LogP contribution in [0.3, 0.4) is 0 Å². The molecule has 7 heteroatoms. The van der Waals surface area contributed by atoms with Crippen LogP contribution in [0.25, 0.3) is 10.9 Å². The van der Waals surface area contributed by atoms with Gasteiger partial charge in [-0.05, 0) is 13.0 Å². The number of rotatable bonds is 5. The van der Waals surface area contributed by atoms with Crippen LogP contribution in [0.15, 0.2) is 24.3 Å². The van der Waals surface area contributed by atoms with Gasteiger partial charge in [-0.15, -0.1) is 10.2 Å². The number of aromatic nitrogens is 2. The normalized spacial score (nSPS) is 12.1. The Morgan fingerprint density at radius 2 is 2.05 bits per heavy atom. The van der Waals surface area contributed by atoms with Crippen LogP contribution in [0.2, 0.25) is 0 Å². The van der Waals surface area contributed by atoms with Crippen molar-refractivity contribution < 1.29 is 14.7 Å². The molecule has 0 radical (unpaired) electrons. The molecule has 1 aromatic carbocycles. The van der Waals surface area contributed by atoms with E-state index in [-0.39, 0.29) is 18.2 Å². The zero-order valence-electron chi connectivity index (χ0n) is 10.8. The van der Waals surface area contributed by atoms with E-state index in [4.69, 9.17) is 5.73 Å². The number of nitrogens with one attached hydrogen (secondary N) is 1. The molecule has 0 aliphatic carbocycles. The Morgan fingerprint density at radius 3 is 2.70 bits per heavy atom. The van der Waals surface area contributed by atoms with E-state index in [1.807, 2.05) is 0 Å². The van der Waals surface area contributed by atoms with Crippen LogP contribution in [0.1, 0.15) is 23.8 Å². The molecule has 0 aliphatic rings. The zero-order valence-corrected chi connectivity index (χ0v) is 10.8. The third-order valence-electron chi connectivity index (χ3n) is 2.77. The van der Waals surface area contributed by atoms with E-state index in [0.717, 1.165) is 0 Å². The van der Waals surface area contributed by atoms with E-state index in [1.54, 1.807) is 31.2 Å². The Morgan fingerprint density at radius 1 is 1.35 bits per heavy atom. The van der Waals surface area contributed by atoms with Crippen LogP contribution in [-0.2, 0) is 4.79 Å². The van der Waals surface area contributed by atoms with E-state index in [0.29, 0.717) is 16.6 Å². The number of aromatic carboxylic acids is 1. The summed E-state index contributed by atoms with van der Waals surface area (Å²) in [5.41, 5.74) is 5.87. The Labute approximate surface area is 114 Å². The number of hydrogen-bond acceptors (Lipinski definition) is 5. The molecule has 1 heterocycles. The predicted molar refractivity (Wildman–Crippen MR) is 73.4 cm³/mol. The topological polar surface area (TPSA) is 118 Å². The third-order valence-corrected chi connectivity index (χ3v) is 2.77. The molecule has 1 unspecified atom stereocenters. The number of hydrogen-bond donors (Lipinski definition) is 3. The van der Waals surface area contributed by atoms with Crippen molar-refractivity contribution in [1.82, 2.24) is 10.2 Å². The first-order chi connectivity index (χ1) is 9.49. The highest BCUT2D eigenvalue weighted by Crippen LogP contribution is 2.25. The van der Waals surface area contributed by atoms with E-state index in [9.17, 15) is 14.7 Å². The van der Waals surface area contributed by atoms with Crippen LogP contribution in [0.4, 0.5) is 5.69 Å². The average molecular weight is 274 g/mol. The largest absolute Gasteiger partial charge is 0.476 e. The average Bonchev–Trinajstić information content (AvgIpc) is 2.37. The smallest absolute Gasteiger partial charge is 0.358 e. The van der Waals surface area contributed by atoms with Gasteiger partial charge in [-0.2, -0.15) is 0 Å². The molecule has 1 aromatic heterocycles. The molecule has 1 atom stereocenters. The van der Waals surface area contributed by atoms with E-state index in [2.05, 4.69) is 15.5 Å². The molecule has 0 fully saturated rings. The first-order valence-electron chi connectivity index (χ1n) is 6.02. The second kappa shape index (κ2) is 5.52. The van der Waals surface area contributed by atoms with Crippen LogP contribution < -0.4 is 11.1 Å². The minimum atomic E-state index is -1.18. The highest BCUT2D eigenvalue weighted by Gasteiger charge is 2.18. The molecule has 0 saturated carbocycles. The lowest BCUT2D eigenvalue weighted by Crippen LogP contribution is -2.25. The summed E-state index contributed by atoms with van der Waals surface area (Å²) in [6, 6.07) is 6.74. The van der Waals surface area contributed by atoms with Crippen molar-refractivity contribution in [2.45, 2.75) is 19.4 Å². The van der Waals surface area contributed by atoms with Gasteiger partial charge in [-0.1, -0.05) is 18.2 Å². The van der Waals surface area contributed by atoms with Gasteiger partial charge < -0.3 is 16.2 Å². The van der Waals surface area contributed by atoms with Crippen molar-refractivity contribution in [2.24, 2.45) is 5.73 Å². The maximum Gasteiger partial charge on any atom is 0.358 e. The minimum absolute atomic E-state index is 0.0930. The van der Waals surface area contributed by atoms with Gasteiger partial charge in [0.25, 0.3) is 0 Å². The number of nitrogens with two attached hydrogens (primary N) is 1. The van der Waals surface area contributed by atoms with Crippen LogP contribution in [0, 0.1) is 0 Å². The molecule has 1 amide bonds. The van der Waals surface area contributed by atoms with Gasteiger partial charge >= 0.3 is 5.97 Å². The highest BCUT2D eigenvalue weighted by molar-refractivity contribution is 6.02. The third kappa shape index (κ3) is 2.82. The first kappa shape index (κ1) is 13.7. The Balaban J connectivity index is 2.49. The van der Waals surface area contributed by atoms with Gasteiger partial charge in [-0.3, -0.25) is 4.79 Å². The summed E-state index contributed by atoms with van der Waals surface area (Å²) in [5, 5.41) is 20.4. The summed E-state index contributed by atoms with van der Waals surface area (Å²) < 4.78 is 0. The predicted octanol–water partition coefficient (Wildman–Crippen LogP) is 1.00. The van der Waals surface area contributed by atoms with Crippen LogP contribution in [-0.4, -0.2) is 33.2 Å². The van der Waals surface area contributed by atoms with Gasteiger partial charge in [0.1, 0.15) is 0 Å². The number of nitrogens with zero attached hydrogens (tertiary/aromatic N) is 2. The molecule has 0 aliphatic heterocycles. The fourth-order valence-corrected chi connectivity index (χ4v) is 1.95. The maximum absolute atomic E-state index is 11.2. The fourth-order valence-electron chi connectivity index (χ4n) is 1.95. The van der Waals surface area contributed by atoms with E-state index in [1.165, 1.54) is 0 Å². The van der Waals surface area contributed by atoms with Crippen molar-refractivity contribution in [2.75, 3.05) is 5.32 Å².